The summed E-state index contributed by atoms with van der Waals surface area (Å²) in [4.78, 5) is 23.6. The van der Waals surface area contributed by atoms with E-state index in [2.05, 4.69) is 14.9 Å². The summed E-state index contributed by atoms with van der Waals surface area (Å²) in [5.41, 5.74) is 2.47. The number of aryl methyl sites for hydroxylation is 1. The van der Waals surface area contributed by atoms with Gasteiger partial charge in [0.1, 0.15) is 16.1 Å². The largest absolute Gasteiger partial charge is 0.472 e. The van der Waals surface area contributed by atoms with Crippen molar-refractivity contribution < 1.29 is 14.3 Å². The van der Waals surface area contributed by atoms with E-state index in [1.807, 2.05) is 49.4 Å². The zero-order valence-electron chi connectivity index (χ0n) is 16.5. The smallest absolute Gasteiger partial charge is 0.360 e. The highest BCUT2D eigenvalue weighted by Crippen LogP contribution is 2.37. The monoisotopic (exact) mass is 409 g/mol. The first-order valence-corrected chi connectivity index (χ1v) is 10.5. The topological polar surface area (TPSA) is 64.5 Å². The summed E-state index contributed by atoms with van der Waals surface area (Å²) in [6.45, 7) is 5.59. The Kier molecular flexibility index (Phi) is 5.76. The summed E-state index contributed by atoms with van der Waals surface area (Å²) in [6, 6.07) is 13.8. The first-order valence-electron chi connectivity index (χ1n) is 9.71. The average molecular weight is 410 g/mol. The van der Waals surface area contributed by atoms with Gasteiger partial charge in [-0.3, -0.25) is 0 Å². The Balaban J connectivity index is 1.56. The Labute approximate surface area is 174 Å². The predicted molar refractivity (Wildman–Crippen MR) is 114 cm³/mol. The Morgan fingerprint density at radius 3 is 2.79 bits per heavy atom. The van der Waals surface area contributed by atoms with Crippen molar-refractivity contribution in [3.05, 3.63) is 59.9 Å². The van der Waals surface area contributed by atoms with Crippen LogP contribution in [0.1, 0.15) is 29.4 Å². The van der Waals surface area contributed by atoms with Gasteiger partial charge in [-0.15, -0.1) is 0 Å². The van der Waals surface area contributed by atoms with Crippen LogP contribution in [0.25, 0.3) is 10.6 Å². The maximum atomic E-state index is 12.5. The van der Waals surface area contributed by atoms with Crippen LogP contribution in [0.5, 0.6) is 5.88 Å². The molecule has 1 aliphatic rings. The highest BCUT2D eigenvalue weighted by Gasteiger charge is 2.31. The summed E-state index contributed by atoms with van der Waals surface area (Å²) in [6.07, 6.45) is 2.68. The van der Waals surface area contributed by atoms with Gasteiger partial charge in [0, 0.05) is 30.8 Å². The molecule has 1 aliphatic heterocycles. The van der Waals surface area contributed by atoms with Crippen molar-refractivity contribution in [3.63, 3.8) is 0 Å². The van der Waals surface area contributed by atoms with Crippen molar-refractivity contribution >= 4 is 22.3 Å². The van der Waals surface area contributed by atoms with Crippen LogP contribution in [0.3, 0.4) is 0 Å². The van der Waals surface area contributed by atoms with Crippen molar-refractivity contribution in [1.29, 1.82) is 0 Å². The van der Waals surface area contributed by atoms with Gasteiger partial charge in [0.05, 0.1) is 13.2 Å². The van der Waals surface area contributed by atoms with Crippen LogP contribution in [0, 0.1) is 6.92 Å². The molecular formula is C22H23N3O3S. The molecule has 0 spiro atoms. The number of pyridine rings is 1. The second kappa shape index (κ2) is 8.61. The van der Waals surface area contributed by atoms with Gasteiger partial charge in [0.25, 0.3) is 0 Å². The number of benzene rings is 1. The molecule has 29 heavy (non-hydrogen) atoms. The molecule has 1 aromatic carbocycles. The fourth-order valence-electron chi connectivity index (χ4n) is 3.27. The quantitative estimate of drug-likeness (QED) is 0.564. The molecule has 1 atom stereocenters. The number of esters is 1. The number of thiazole rings is 1. The number of aromatic nitrogens is 2. The molecule has 4 rings (SSSR count). The zero-order valence-corrected chi connectivity index (χ0v) is 17.3. The molecular weight excluding hydrogens is 386 g/mol. The van der Waals surface area contributed by atoms with E-state index in [-0.39, 0.29) is 12.1 Å². The lowest BCUT2D eigenvalue weighted by Crippen LogP contribution is -2.25. The van der Waals surface area contributed by atoms with Gasteiger partial charge in [-0.25, -0.2) is 14.8 Å². The zero-order chi connectivity index (χ0) is 20.2. The van der Waals surface area contributed by atoms with Gasteiger partial charge in [-0.05, 0) is 19.4 Å². The molecule has 0 N–H and O–H groups in total. The van der Waals surface area contributed by atoms with Crippen LogP contribution < -0.4 is 9.64 Å². The fraction of sp³-hybridized carbons (Fsp3) is 0.318. The molecule has 3 heterocycles. The standard InChI is InChI=1S/C22H23N3O3S/c1-3-27-22(26)19-21(29-20(24-19)16-7-5-4-6-8-16)25-12-11-17(14-25)28-18-10-9-15(2)13-23-18/h4-10,13,17H,3,11-12,14H2,1-2H3/t17-/m0/s1. The molecule has 1 saturated heterocycles. The van der Waals surface area contributed by atoms with E-state index in [1.54, 1.807) is 13.1 Å². The first-order chi connectivity index (χ1) is 14.1. The molecule has 150 valence electrons. The average Bonchev–Trinajstić information content (AvgIpc) is 3.38. The normalized spacial score (nSPS) is 16.1. The Morgan fingerprint density at radius 1 is 1.24 bits per heavy atom. The number of carbonyl (C=O) groups excluding carboxylic acids is 1. The van der Waals surface area contributed by atoms with Gasteiger partial charge in [0.15, 0.2) is 5.69 Å². The molecule has 7 heteroatoms. The fourth-order valence-corrected chi connectivity index (χ4v) is 4.36. The van der Waals surface area contributed by atoms with Gasteiger partial charge in [0.2, 0.25) is 5.88 Å². The van der Waals surface area contributed by atoms with E-state index in [0.717, 1.165) is 34.1 Å². The number of rotatable bonds is 6. The van der Waals surface area contributed by atoms with E-state index in [9.17, 15) is 4.79 Å². The lowest BCUT2D eigenvalue weighted by Gasteiger charge is -2.17. The molecule has 0 aliphatic carbocycles. The molecule has 3 aromatic rings. The number of hydrogen-bond acceptors (Lipinski definition) is 7. The molecule has 0 bridgehead atoms. The van der Waals surface area contributed by atoms with Gasteiger partial charge >= 0.3 is 5.97 Å². The second-order valence-electron chi connectivity index (χ2n) is 6.91. The van der Waals surface area contributed by atoms with Crippen LogP contribution >= 0.6 is 11.3 Å². The SMILES string of the molecule is CCOC(=O)c1nc(-c2ccccc2)sc1N1CC[C@H](Oc2ccc(C)cn2)C1. The molecule has 6 nitrogen and oxygen atoms in total. The lowest BCUT2D eigenvalue weighted by molar-refractivity contribution is 0.0521. The van der Waals surface area contributed by atoms with Crippen molar-refractivity contribution in [2.75, 3.05) is 24.6 Å². The van der Waals surface area contributed by atoms with Crippen LogP contribution in [0.15, 0.2) is 48.7 Å². The lowest BCUT2D eigenvalue weighted by atomic mass is 10.2. The number of ether oxygens (including phenoxy) is 2. The van der Waals surface area contributed by atoms with Crippen LogP contribution in [0.4, 0.5) is 5.00 Å². The van der Waals surface area contributed by atoms with Gasteiger partial charge < -0.3 is 14.4 Å². The minimum absolute atomic E-state index is 0.0162. The summed E-state index contributed by atoms with van der Waals surface area (Å²) in [7, 11) is 0. The number of nitrogens with zero attached hydrogens (tertiary/aromatic N) is 3. The number of carbonyl (C=O) groups is 1. The van der Waals surface area contributed by atoms with E-state index >= 15 is 0 Å². The minimum atomic E-state index is -0.384. The number of hydrogen-bond donors (Lipinski definition) is 0. The number of anilines is 1. The van der Waals surface area contributed by atoms with Crippen LogP contribution in [0.2, 0.25) is 0 Å². The maximum Gasteiger partial charge on any atom is 0.360 e. The third-order valence-corrected chi connectivity index (χ3v) is 5.87. The Bertz CT molecular complexity index is 973. The van der Waals surface area contributed by atoms with Crippen molar-refractivity contribution in [2.45, 2.75) is 26.4 Å². The van der Waals surface area contributed by atoms with Gasteiger partial charge in [-0.2, -0.15) is 0 Å². The van der Waals surface area contributed by atoms with E-state index in [4.69, 9.17) is 9.47 Å². The highest BCUT2D eigenvalue weighted by atomic mass is 32.1. The molecule has 2 aromatic heterocycles. The van der Waals surface area contributed by atoms with Crippen LogP contribution in [-0.2, 0) is 4.74 Å². The van der Waals surface area contributed by atoms with Crippen molar-refractivity contribution in [3.8, 4) is 16.5 Å². The molecule has 0 unspecified atom stereocenters. The van der Waals surface area contributed by atoms with E-state index in [0.29, 0.717) is 24.7 Å². The van der Waals surface area contributed by atoms with Crippen LogP contribution in [-0.4, -0.2) is 41.7 Å². The summed E-state index contributed by atoms with van der Waals surface area (Å²) in [5, 5.41) is 1.65. The van der Waals surface area contributed by atoms with Crippen molar-refractivity contribution in [1.82, 2.24) is 9.97 Å². The Morgan fingerprint density at radius 2 is 2.07 bits per heavy atom. The molecule has 0 amide bonds. The minimum Gasteiger partial charge on any atom is -0.472 e. The van der Waals surface area contributed by atoms with Gasteiger partial charge in [-0.1, -0.05) is 47.7 Å². The molecule has 0 saturated carbocycles. The van der Waals surface area contributed by atoms with Crippen molar-refractivity contribution in [2.24, 2.45) is 0 Å². The molecule has 1 fully saturated rings. The summed E-state index contributed by atoms with van der Waals surface area (Å²) >= 11 is 1.52. The highest BCUT2D eigenvalue weighted by molar-refractivity contribution is 7.19. The second-order valence-corrected chi connectivity index (χ2v) is 7.89. The first kappa shape index (κ1) is 19.4. The Hall–Kier alpha value is -2.93. The van der Waals surface area contributed by atoms with E-state index in [1.165, 1.54) is 11.3 Å². The molecule has 0 radical (unpaired) electrons. The van der Waals surface area contributed by atoms with E-state index < -0.39 is 0 Å². The summed E-state index contributed by atoms with van der Waals surface area (Å²) in [5.74, 6) is 0.243. The summed E-state index contributed by atoms with van der Waals surface area (Å²) < 4.78 is 11.3. The third kappa shape index (κ3) is 4.40. The third-order valence-electron chi connectivity index (χ3n) is 4.70. The maximum absolute atomic E-state index is 12.5. The predicted octanol–water partition coefficient (Wildman–Crippen LogP) is 4.35.